The molecule has 2 N–H and O–H groups in total. The smallest absolute Gasteiger partial charge is 0.0145 e. The van der Waals surface area contributed by atoms with Gasteiger partial charge in [0.1, 0.15) is 0 Å². The first-order valence-electron chi connectivity index (χ1n) is 6.30. The van der Waals surface area contributed by atoms with Crippen LogP contribution in [0.4, 0.5) is 0 Å². The summed E-state index contributed by atoms with van der Waals surface area (Å²) < 4.78 is 0. The summed E-state index contributed by atoms with van der Waals surface area (Å²) in [5.74, 6) is 1.84. The third-order valence-corrected chi connectivity index (χ3v) is 3.07. The Balaban J connectivity index is 0.000000379. The molecule has 0 aromatic rings. The van der Waals surface area contributed by atoms with Crippen molar-refractivity contribution in [3.8, 4) is 0 Å². The highest BCUT2D eigenvalue weighted by Gasteiger charge is 2.37. The highest BCUT2D eigenvalue weighted by Crippen LogP contribution is 2.32. The molecule has 14 heavy (non-hydrogen) atoms. The maximum atomic E-state index is 3.47. The monoisotopic (exact) mass is 200 g/mol. The van der Waals surface area contributed by atoms with Gasteiger partial charge in [-0.1, -0.05) is 27.7 Å². The molecular formula is C12H28N2. The maximum Gasteiger partial charge on any atom is 0.0145 e. The van der Waals surface area contributed by atoms with E-state index in [2.05, 4.69) is 17.7 Å². The number of fused-ring (bicyclic) bond motifs is 2. The van der Waals surface area contributed by atoms with Gasteiger partial charge < -0.3 is 10.6 Å². The van der Waals surface area contributed by atoms with E-state index in [1.807, 2.05) is 27.7 Å². The lowest BCUT2D eigenvalue weighted by Gasteiger charge is -2.30. The van der Waals surface area contributed by atoms with E-state index < -0.39 is 0 Å². The van der Waals surface area contributed by atoms with Crippen LogP contribution < -0.4 is 10.6 Å². The predicted octanol–water partition coefficient (Wildman–Crippen LogP) is 2.26. The molecule has 0 spiro atoms. The molecule has 2 bridgehead atoms. The topological polar surface area (TPSA) is 24.1 Å². The van der Waals surface area contributed by atoms with Gasteiger partial charge in [-0.25, -0.2) is 0 Å². The minimum Gasteiger partial charge on any atom is -0.316 e. The second-order valence-corrected chi connectivity index (χ2v) is 3.57. The van der Waals surface area contributed by atoms with Crippen molar-refractivity contribution in [2.45, 2.75) is 46.6 Å². The van der Waals surface area contributed by atoms with Gasteiger partial charge in [-0.3, -0.25) is 0 Å². The van der Waals surface area contributed by atoms with Crippen LogP contribution in [0, 0.1) is 11.8 Å². The first-order chi connectivity index (χ1) is 6.92. The fourth-order valence-corrected chi connectivity index (χ4v) is 2.56. The summed E-state index contributed by atoms with van der Waals surface area (Å²) in [6, 6.07) is 0.821. The van der Waals surface area contributed by atoms with Crippen molar-refractivity contribution in [3.63, 3.8) is 0 Å². The molecule has 2 aliphatic rings. The molecule has 0 aromatic carbocycles. The summed E-state index contributed by atoms with van der Waals surface area (Å²) in [6.45, 7) is 10.5. The summed E-state index contributed by atoms with van der Waals surface area (Å²) in [5.41, 5.74) is 0. The quantitative estimate of drug-likeness (QED) is 0.678. The lowest BCUT2D eigenvalue weighted by atomic mass is 9.94. The van der Waals surface area contributed by atoms with Gasteiger partial charge in [-0.05, 0) is 44.8 Å². The zero-order chi connectivity index (χ0) is 11.0. The summed E-state index contributed by atoms with van der Waals surface area (Å²) in [6.07, 6.45) is 2.87. The molecule has 1 saturated heterocycles. The summed E-state index contributed by atoms with van der Waals surface area (Å²) >= 11 is 0. The van der Waals surface area contributed by atoms with Gasteiger partial charge >= 0.3 is 0 Å². The standard InChI is InChI=1S/C8H16N2.2C2H6/c1-9-8-6-2-3-7(8)5-10-4-6;2*1-2/h6-10H,2-5H2,1H3;2*1-2H3. The predicted molar refractivity (Wildman–Crippen MR) is 64.6 cm³/mol. The van der Waals surface area contributed by atoms with E-state index in [-0.39, 0.29) is 0 Å². The molecule has 2 unspecified atom stereocenters. The van der Waals surface area contributed by atoms with E-state index in [0.29, 0.717) is 0 Å². The molecular weight excluding hydrogens is 172 g/mol. The van der Waals surface area contributed by atoms with Crippen LogP contribution in [0.1, 0.15) is 40.5 Å². The molecule has 0 aromatic heterocycles. The van der Waals surface area contributed by atoms with Crippen LogP contribution in [-0.4, -0.2) is 26.2 Å². The zero-order valence-electron chi connectivity index (χ0n) is 10.6. The van der Waals surface area contributed by atoms with Crippen LogP contribution in [-0.2, 0) is 0 Å². The molecule has 1 aliphatic carbocycles. The van der Waals surface area contributed by atoms with Crippen molar-refractivity contribution in [3.05, 3.63) is 0 Å². The molecule has 2 fully saturated rings. The molecule has 2 nitrogen and oxygen atoms in total. The van der Waals surface area contributed by atoms with Crippen molar-refractivity contribution in [1.82, 2.24) is 10.6 Å². The molecule has 1 heterocycles. The lowest BCUT2D eigenvalue weighted by molar-refractivity contribution is 0.286. The zero-order valence-corrected chi connectivity index (χ0v) is 10.6. The highest BCUT2D eigenvalue weighted by molar-refractivity contribution is 4.94. The van der Waals surface area contributed by atoms with E-state index >= 15 is 0 Å². The Labute approximate surface area is 89.9 Å². The molecule has 86 valence electrons. The van der Waals surface area contributed by atoms with Gasteiger partial charge in [0.15, 0.2) is 0 Å². The van der Waals surface area contributed by atoms with Gasteiger partial charge in [-0.15, -0.1) is 0 Å². The van der Waals surface area contributed by atoms with Gasteiger partial charge in [0.2, 0.25) is 0 Å². The van der Waals surface area contributed by atoms with Gasteiger partial charge in [0.25, 0.3) is 0 Å². The Morgan fingerprint density at radius 1 is 0.929 bits per heavy atom. The average molecular weight is 200 g/mol. The Hall–Kier alpha value is -0.0800. The Morgan fingerprint density at radius 3 is 1.64 bits per heavy atom. The van der Waals surface area contributed by atoms with Gasteiger partial charge in [-0.2, -0.15) is 0 Å². The van der Waals surface area contributed by atoms with E-state index in [1.54, 1.807) is 0 Å². The van der Waals surface area contributed by atoms with Crippen LogP contribution in [0.3, 0.4) is 0 Å². The maximum absolute atomic E-state index is 3.47. The minimum atomic E-state index is 0.821. The number of nitrogens with one attached hydrogen (secondary N) is 2. The van der Waals surface area contributed by atoms with Gasteiger partial charge in [0.05, 0.1) is 0 Å². The van der Waals surface area contributed by atoms with Crippen molar-refractivity contribution < 1.29 is 0 Å². The first kappa shape index (κ1) is 13.9. The number of hydrogen-bond donors (Lipinski definition) is 2. The molecule has 1 aliphatic heterocycles. The molecule has 0 radical (unpaired) electrons. The fraction of sp³-hybridized carbons (Fsp3) is 1.00. The van der Waals surface area contributed by atoms with Gasteiger partial charge in [0, 0.05) is 6.04 Å². The first-order valence-corrected chi connectivity index (χ1v) is 6.30. The van der Waals surface area contributed by atoms with Crippen LogP contribution in [0.25, 0.3) is 0 Å². The minimum absolute atomic E-state index is 0.821. The SMILES string of the molecule is CC.CC.CNC1C2CCC1CNC2. The van der Waals surface area contributed by atoms with Crippen molar-refractivity contribution in [2.24, 2.45) is 11.8 Å². The highest BCUT2D eigenvalue weighted by atomic mass is 15.0. The van der Waals surface area contributed by atoms with Crippen LogP contribution in [0.5, 0.6) is 0 Å². The average Bonchev–Trinajstić information content (AvgIpc) is 2.52. The van der Waals surface area contributed by atoms with E-state index in [4.69, 9.17) is 0 Å². The second-order valence-electron chi connectivity index (χ2n) is 3.57. The van der Waals surface area contributed by atoms with Crippen LogP contribution in [0.15, 0.2) is 0 Å². The van der Waals surface area contributed by atoms with E-state index in [0.717, 1.165) is 17.9 Å². The lowest BCUT2D eigenvalue weighted by Crippen LogP contribution is -2.47. The number of piperidine rings is 1. The van der Waals surface area contributed by atoms with Crippen molar-refractivity contribution >= 4 is 0 Å². The Bertz CT molecular complexity index is 109. The van der Waals surface area contributed by atoms with Crippen LogP contribution in [0.2, 0.25) is 0 Å². The summed E-state index contributed by atoms with van der Waals surface area (Å²) in [7, 11) is 2.10. The molecule has 0 amide bonds. The number of rotatable bonds is 1. The Kier molecular flexibility index (Phi) is 8.20. The molecule has 2 atom stereocenters. The molecule has 2 heteroatoms. The van der Waals surface area contributed by atoms with Crippen molar-refractivity contribution in [2.75, 3.05) is 20.1 Å². The molecule has 2 rings (SSSR count). The van der Waals surface area contributed by atoms with Crippen molar-refractivity contribution in [1.29, 1.82) is 0 Å². The summed E-state index contributed by atoms with van der Waals surface area (Å²) in [5, 5.41) is 6.90. The number of hydrogen-bond acceptors (Lipinski definition) is 2. The summed E-state index contributed by atoms with van der Waals surface area (Å²) in [4.78, 5) is 0. The normalized spacial score (nSPS) is 33.6. The molecule has 1 saturated carbocycles. The fourth-order valence-electron chi connectivity index (χ4n) is 2.56. The van der Waals surface area contributed by atoms with E-state index in [9.17, 15) is 0 Å². The van der Waals surface area contributed by atoms with Crippen LogP contribution >= 0.6 is 0 Å². The Morgan fingerprint density at radius 2 is 1.36 bits per heavy atom. The van der Waals surface area contributed by atoms with E-state index in [1.165, 1.54) is 25.9 Å². The third-order valence-electron chi connectivity index (χ3n) is 3.07. The second kappa shape index (κ2) is 8.25. The largest absolute Gasteiger partial charge is 0.316 e. The third kappa shape index (κ3) is 3.25.